The van der Waals surface area contributed by atoms with Gasteiger partial charge in [-0.2, -0.15) is 0 Å². The molecule has 2 fully saturated rings. The molecule has 6 nitrogen and oxygen atoms in total. The molecule has 7 heteroatoms. The van der Waals surface area contributed by atoms with Crippen LogP contribution in [0.5, 0.6) is 0 Å². The van der Waals surface area contributed by atoms with Crippen molar-refractivity contribution < 1.29 is 27.3 Å². The van der Waals surface area contributed by atoms with Crippen LogP contribution in [0.1, 0.15) is 44.2 Å². The predicted octanol–water partition coefficient (Wildman–Crippen LogP) is 0.557. The number of hydrogen-bond donors (Lipinski definition) is 0. The first-order valence-electron chi connectivity index (χ1n) is 10.9. The minimum atomic E-state index is -0.819. The van der Waals surface area contributed by atoms with Crippen molar-refractivity contribution in [2.75, 3.05) is 53.4 Å². The van der Waals surface area contributed by atoms with Crippen LogP contribution in [-0.2, 0) is 23.6 Å². The predicted molar refractivity (Wildman–Crippen MR) is 110 cm³/mol. The number of aromatic nitrogens is 1. The maximum atomic E-state index is 10.9. The molecule has 0 bridgehead atoms. The van der Waals surface area contributed by atoms with Gasteiger partial charge in [-0.1, -0.05) is 44.6 Å². The molecule has 0 spiro atoms. The summed E-state index contributed by atoms with van der Waals surface area (Å²) in [4.78, 5) is 11.7. The summed E-state index contributed by atoms with van der Waals surface area (Å²) < 4.78 is 0. The fourth-order valence-electron chi connectivity index (χ4n) is 3.60. The molecule has 2 heterocycles. The Morgan fingerprint density at radius 2 is 1.52 bits per heavy atom. The van der Waals surface area contributed by atoms with Gasteiger partial charge in [-0.05, 0) is 26.2 Å². The first-order valence-corrected chi connectivity index (χ1v) is 10.9. The molecule has 3 rings (SSSR count). The molecule has 0 aromatic carbocycles. The summed E-state index contributed by atoms with van der Waals surface area (Å²) in [6.07, 6.45) is 5.67. The van der Waals surface area contributed by atoms with Crippen molar-refractivity contribution >= 4 is 0 Å². The third-order valence-corrected chi connectivity index (χ3v) is 5.71. The van der Waals surface area contributed by atoms with Gasteiger partial charge in [0.1, 0.15) is 0 Å². The third kappa shape index (κ3) is 11.4. The molecule has 0 N–H and O–H groups in total. The zero-order valence-corrected chi connectivity index (χ0v) is 19.2. The Labute approximate surface area is 187 Å². The van der Waals surface area contributed by atoms with Crippen molar-refractivity contribution in [2.24, 2.45) is 0 Å². The molecular formula is C22H38FeN4O2+. The van der Waals surface area contributed by atoms with Gasteiger partial charge in [-0.15, -0.1) is 12.2 Å². The number of likely N-dealkylation sites (N-methyl/N-ethyl adjacent to an activating group) is 2. The monoisotopic (exact) mass is 448 g/mol. The standard InChI is InChI=1S/C14H24N4.C8H14O2.Fe/c1-16-7-8-17(2)10-12-18(11-9-16)13-14-5-3-4-6-15-14;9-7-5-3-1-2-4-6-8(7)10;/h3-6H,7-13H2,1-2H3;7-8H,1-6H2;/q;-2;+3/i;9+2;. The molecule has 2 unspecified atom stereocenters. The van der Waals surface area contributed by atoms with Gasteiger partial charge < -0.3 is 20.0 Å². The van der Waals surface area contributed by atoms with E-state index >= 15 is 0 Å². The first-order chi connectivity index (χ1) is 13.5. The molecule has 0 amide bonds. The average molecular weight is 448 g/mol. The number of rotatable bonds is 2. The van der Waals surface area contributed by atoms with Gasteiger partial charge in [0, 0.05) is 52.0 Å². The minimum Gasteiger partial charge on any atom is -0.853 e. The molecule has 1 aromatic heterocycles. The van der Waals surface area contributed by atoms with E-state index < -0.39 is 12.2 Å². The molecule has 1 saturated heterocycles. The van der Waals surface area contributed by atoms with Gasteiger partial charge in [0.15, 0.2) is 0 Å². The molecule has 2 atom stereocenters. The Bertz CT molecular complexity index is 497. The van der Waals surface area contributed by atoms with Gasteiger partial charge in [0.2, 0.25) is 0 Å². The molecule has 165 valence electrons. The number of hydrogen-bond acceptors (Lipinski definition) is 6. The second-order valence-electron chi connectivity index (χ2n) is 8.27. The maximum Gasteiger partial charge on any atom is 3.00 e. The topological polar surface area (TPSA) is 68.7 Å². The van der Waals surface area contributed by atoms with Crippen molar-refractivity contribution in [1.29, 1.82) is 0 Å². The van der Waals surface area contributed by atoms with Crippen LogP contribution in [0, 0.1) is 0 Å². The van der Waals surface area contributed by atoms with Gasteiger partial charge in [-0.3, -0.25) is 9.88 Å². The second-order valence-corrected chi connectivity index (χ2v) is 8.27. The molecule has 1 aromatic rings. The largest absolute Gasteiger partial charge is 3.00 e. The van der Waals surface area contributed by atoms with Gasteiger partial charge >= 0.3 is 17.1 Å². The summed E-state index contributed by atoms with van der Waals surface area (Å²) in [6, 6.07) is 6.15. The molecule has 1 saturated carbocycles. The summed E-state index contributed by atoms with van der Waals surface area (Å²) >= 11 is 0. The van der Waals surface area contributed by atoms with Crippen LogP contribution >= 0.6 is 0 Å². The van der Waals surface area contributed by atoms with Crippen LogP contribution < -0.4 is 10.2 Å². The van der Waals surface area contributed by atoms with Crippen LogP contribution in [0.3, 0.4) is 0 Å². The SMILES string of the molecule is CN1CCN(C)CCN(Cc2ccccn2)CC1.[Fe+3].[O-]C1CCCCCCC1[18O-]. The minimum absolute atomic E-state index is 0. The van der Waals surface area contributed by atoms with Gasteiger partial charge in [0.05, 0.1) is 5.69 Å². The molecule has 29 heavy (non-hydrogen) atoms. The Kier molecular flexibility index (Phi) is 14.0. The Hall–Kier alpha value is -0.531. The van der Waals surface area contributed by atoms with Crippen molar-refractivity contribution in [2.45, 2.75) is 57.3 Å². The smallest absolute Gasteiger partial charge is 0.853 e. The number of nitrogens with zero attached hydrogens (tertiary/aromatic N) is 4. The van der Waals surface area contributed by atoms with Crippen molar-refractivity contribution in [3.05, 3.63) is 30.1 Å². The molecular weight excluding hydrogens is 410 g/mol. The van der Waals surface area contributed by atoms with E-state index in [4.69, 9.17) is 0 Å². The van der Waals surface area contributed by atoms with E-state index in [1.165, 1.54) is 5.69 Å². The van der Waals surface area contributed by atoms with E-state index in [2.05, 4.69) is 45.9 Å². The van der Waals surface area contributed by atoms with Gasteiger partial charge in [-0.25, -0.2) is 0 Å². The Balaban J connectivity index is 0.000000327. The summed E-state index contributed by atoms with van der Waals surface area (Å²) in [5.41, 5.74) is 1.17. The summed E-state index contributed by atoms with van der Waals surface area (Å²) in [7, 11) is 4.41. The summed E-state index contributed by atoms with van der Waals surface area (Å²) in [6.45, 7) is 7.81. The van der Waals surface area contributed by atoms with E-state index in [9.17, 15) is 10.2 Å². The molecule has 1 radical (unpaired) electrons. The third-order valence-electron chi connectivity index (χ3n) is 5.71. The van der Waals surface area contributed by atoms with E-state index in [0.29, 0.717) is 12.8 Å². The quantitative estimate of drug-likeness (QED) is 0.487. The zero-order valence-electron chi connectivity index (χ0n) is 18.1. The molecule has 1 aliphatic carbocycles. The van der Waals surface area contributed by atoms with E-state index in [-0.39, 0.29) is 17.1 Å². The fraction of sp³-hybridized carbons (Fsp3) is 0.773. The first kappa shape index (κ1) is 26.5. The van der Waals surface area contributed by atoms with Crippen molar-refractivity contribution in [3.8, 4) is 0 Å². The Morgan fingerprint density at radius 3 is 2.10 bits per heavy atom. The van der Waals surface area contributed by atoms with E-state index in [0.717, 1.165) is 71.5 Å². The fourth-order valence-corrected chi connectivity index (χ4v) is 3.60. The maximum absolute atomic E-state index is 10.9. The van der Waals surface area contributed by atoms with E-state index in [1.54, 1.807) is 0 Å². The van der Waals surface area contributed by atoms with Crippen LogP contribution in [-0.4, -0.2) is 85.3 Å². The normalized spacial score (nSPS) is 25.8. The van der Waals surface area contributed by atoms with Crippen molar-refractivity contribution in [1.82, 2.24) is 19.7 Å². The average Bonchev–Trinajstić information content (AvgIpc) is 2.77. The molecule has 2 aliphatic rings. The summed E-state index contributed by atoms with van der Waals surface area (Å²) in [5.74, 6) is 0. The van der Waals surface area contributed by atoms with Crippen LogP contribution in [0.15, 0.2) is 24.4 Å². The second kappa shape index (κ2) is 15.3. The van der Waals surface area contributed by atoms with Crippen LogP contribution in [0.4, 0.5) is 0 Å². The van der Waals surface area contributed by atoms with Crippen LogP contribution in [0.25, 0.3) is 0 Å². The number of pyridine rings is 1. The molecule has 1 aliphatic heterocycles. The van der Waals surface area contributed by atoms with Gasteiger partial charge in [0.25, 0.3) is 0 Å². The van der Waals surface area contributed by atoms with Crippen LogP contribution in [0.2, 0.25) is 0 Å². The zero-order chi connectivity index (χ0) is 20.2. The Morgan fingerprint density at radius 1 is 0.931 bits per heavy atom. The summed E-state index contributed by atoms with van der Waals surface area (Å²) in [5, 5.41) is 21.9. The van der Waals surface area contributed by atoms with Crippen molar-refractivity contribution in [3.63, 3.8) is 0 Å². The van der Waals surface area contributed by atoms with E-state index in [1.807, 2.05) is 12.3 Å².